The fourth-order valence-electron chi connectivity index (χ4n) is 1.76. The van der Waals surface area contributed by atoms with Crippen molar-refractivity contribution in [3.8, 4) is 0 Å². The molecule has 2 heteroatoms. The molecule has 2 heterocycles. The van der Waals surface area contributed by atoms with Gasteiger partial charge in [-0.05, 0) is 45.8 Å². The lowest BCUT2D eigenvalue weighted by Gasteiger charge is -1.82. The average molecular weight is 269 g/mol. The molecule has 0 aliphatic carbocycles. The Labute approximate surface area is 116 Å². The molecule has 18 heavy (non-hydrogen) atoms. The molecule has 0 atom stereocenters. The van der Waals surface area contributed by atoms with Crippen LogP contribution in [0.3, 0.4) is 0 Å². The Kier molecular flexibility index (Phi) is 3.05. The summed E-state index contributed by atoms with van der Waals surface area (Å²) in [6, 6.07) is 20.5. The van der Waals surface area contributed by atoms with E-state index in [2.05, 4.69) is 35.7 Å². The summed E-state index contributed by atoms with van der Waals surface area (Å²) in [4.78, 5) is 0. The maximum Gasteiger partial charge on any atom is 0.0740 e. The number of hydrogen-bond acceptors (Lipinski definition) is 2. The Bertz CT molecular complexity index is 735. The number of hydrogen-bond donors (Lipinski definition) is 0. The summed E-state index contributed by atoms with van der Waals surface area (Å²) in [7, 11) is 0. The quantitative estimate of drug-likeness (QED) is 0.378. The third kappa shape index (κ3) is 2.45. The Morgan fingerprint density at radius 1 is 0.667 bits per heavy atom. The van der Waals surface area contributed by atoms with E-state index >= 15 is 0 Å². The van der Waals surface area contributed by atoms with Crippen LogP contribution in [0.4, 0.5) is 0 Å². The van der Waals surface area contributed by atoms with Crippen LogP contribution in [-0.2, 0) is 0 Å². The number of fused-ring (bicyclic) bond motifs is 2. The molecular weight excluding hydrogens is 256 g/mol. The number of rotatable bonds is 0. The van der Waals surface area contributed by atoms with Gasteiger partial charge in [0, 0.05) is 9.40 Å². The lowest BCUT2D eigenvalue weighted by Crippen LogP contribution is -1.56. The predicted octanol–water partition coefficient (Wildman–Crippen LogP) is 5.80. The zero-order valence-electron chi connectivity index (χ0n) is 10.7. The van der Waals surface area contributed by atoms with Crippen molar-refractivity contribution in [2.45, 2.75) is 0 Å². The maximum absolute atomic E-state index is 7.34. The minimum atomic E-state index is 0.640. The van der Waals surface area contributed by atoms with Crippen molar-refractivity contribution in [1.29, 1.82) is 0 Å². The zero-order chi connectivity index (χ0) is 13.1. The first-order valence-corrected chi connectivity index (χ1v) is 7.40. The van der Waals surface area contributed by atoms with E-state index in [1.54, 1.807) is 11.3 Å². The summed E-state index contributed by atoms with van der Waals surface area (Å²) in [5.41, 5.74) is 0. The zero-order valence-corrected chi connectivity index (χ0v) is 11.3. The third-order valence-electron chi connectivity index (χ3n) is 2.66. The Morgan fingerprint density at radius 3 is 1.94 bits per heavy atom. The number of thiophene rings is 2. The van der Waals surface area contributed by atoms with Crippen LogP contribution in [0.15, 0.2) is 71.4 Å². The van der Waals surface area contributed by atoms with Crippen LogP contribution in [0.1, 0.15) is 1.37 Å². The van der Waals surface area contributed by atoms with Gasteiger partial charge in [-0.1, -0.05) is 36.4 Å². The smallest absolute Gasteiger partial charge is 0.0740 e. The molecule has 4 rings (SSSR count). The second-order valence-corrected chi connectivity index (χ2v) is 5.69. The highest BCUT2D eigenvalue weighted by molar-refractivity contribution is 7.17. The highest BCUT2D eigenvalue weighted by Crippen LogP contribution is 2.19. The first-order chi connectivity index (χ1) is 9.33. The molecular formula is C16H12S2. The monoisotopic (exact) mass is 269 g/mol. The fraction of sp³-hybridized carbons (Fsp3) is 0. The van der Waals surface area contributed by atoms with Gasteiger partial charge < -0.3 is 0 Å². The van der Waals surface area contributed by atoms with Gasteiger partial charge in [-0.2, -0.15) is 0 Å². The second-order valence-electron chi connectivity index (χ2n) is 3.86. The van der Waals surface area contributed by atoms with Gasteiger partial charge in [-0.25, -0.2) is 0 Å². The van der Waals surface area contributed by atoms with Crippen molar-refractivity contribution in [1.82, 2.24) is 0 Å². The SMILES string of the molecule is [2H]c1cc2ccccc2s1.c1ccc2sccc2c1. The molecule has 0 aliphatic heterocycles. The van der Waals surface area contributed by atoms with E-state index in [-0.39, 0.29) is 0 Å². The van der Waals surface area contributed by atoms with E-state index in [1.165, 1.54) is 31.5 Å². The largest absolute Gasteiger partial charge is 0.144 e. The molecule has 0 nitrogen and oxygen atoms in total. The molecule has 4 aromatic rings. The second kappa shape index (κ2) is 5.34. The normalized spacial score (nSPS) is 11.0. The van der Waals surface area contributed by atoms with Gasteiger partial charge >= 0.3 is 0 Å². The van der Waals surface area contributed by atoms with E-state index in [0.717, 1.165) is 0 Å². The minimum absolute atomic E-state index is 0.640. The van der Waals surface area contributed by atoms with Crippen LogP contribution < -0.4 is 0 Å². The highest BCUT2D eigenvalue weighted by atomic mass is 32.1. The van der Waals surface area contributed by atoms with Gasteiger partial charge in [-0.3, -0.25) is 0 Å². The van der Waals surface area contributed by atoms with Gasteiger partial charge in [0.15, 0.2) is 0 Å². The first-order valence-electron chi connectivity index (χ1n) is 6.20. The Balaban J connectivity index is 0.000000117. The molecule has 0 aliphatic rings. The molecule has 2 aromatic carbocycles. The molecule has 0 saturated heterocycles. The van der Waals surface area contributed by atoms with Crippen LogP contribution in [0.5, 0.6) is 0 Å². The van der Waals surface area contributed by atoms with Crippen molar-refractivity contribution in [2.24, 2.45) is 0 Å². The molecule has 2 aromatic heterocycles. The van der Waals surface area contributed by atoms with Crippen molar-refractivity contribution in [2.75, 3.05) is 0 Å². The van der Waals surface area contributed by atoms with E-state index < -0.39 is 0 Å². The molecule has 88 valence electrons. The standard InChI is InChI=1S/2C8H6S/c2*1-2-4-8-7(3-1)5-6-9-8/h2*1-6H/i6D;. The van der Waals surface area contributed by atoms with E-state index in [0.29, 0.717) is 5.36 Å². The predicted molar refractivity (Wildman–Crippen MR) is 83.7 cm³/mol. The molecule has 0 bridgehead atoms. The van der Waals surface area contributed by atoms with Gasteiger partial charge in [0.25, 0.3) is 0 Å². The molecule has 0 N–H and O–H groups in total. The van der Waals surface area contributed by atoms with E-state index in [4.69, 9.17) is 1.37 Å². The van der Waals surface area contributed by atoms with Crippen LogP contribution >= 0.6 is 22.7 Å². The van der Waals surface area contributed by atoms with E-state index in [1.807, 2.05) is 30.3 Å². The summed E-state index contributed by atoms with van der Waals surface area (Å²) < 4.78 is 9.92. The molecule has 0 unspecified atom stereocenters. The summed E-state index contributed by atoms with van der Waals surface area (Å²) in [5.74, 6) is 0. The third-order valence-corrected chi connectivity index (χ3v) is 4.39. The van der Waals surface area contributed by atoms with Crippen LogP contribution in [0.25, 0.3) is 20.2 Å². The summed E-state index contributed by atoms with van der Waals surface area (Å²) in [6.45, 7) is 0. The van der Waals surface area contributed by atoms with Crippen molar-refractivity contribution in [3.05, 3.63) is 71.4 Å². The summed E-state index contributed by atoms with van der Waals surface area (Å²) in [5, 5.41) is 5.28. The van der Waals surface area contributed by atoms with Gasteiger partial charge in [-0.15, -0.1) is 22.7 Å². The Hall–Kier alpha value is -1.64. The van der Waals surface area contributed by atoms with Gasteiger partial charge in [0.05, 0.1) is 1.37 Å². The fourth-order valence-corrected chi connectivity index (χ4v) is 3.25. The summed E-state index contributed by atoms with van der Waals surface area (Å²) >= 11 is 3.31. The molecule has 0 fully saturated rings. The maximum atomic E-state index is 7.34. The van der Waals surface area contributed by atoms with Crippen molar-refractivity contribution in [3.63, 3.8) is 0 Å². The summed E-state index contributed by atoms with van der Waals surface area (Å²) in [6.07, 6.45) is 0. The van der Waals surface area contributed by atoms with Gasteiger partial charge in [0.1, 0.15) is 0 Å². The lowest BCUT2D eigenvalue weighted by molar-refractivity contribution is 1.86. The first kappa shape index (κ1) is 10.3. The van der Waals surface area contributed by atoms with Crippen molar-refractivity contribution < 1.29 is 1.37 Å². The van der Waals surface area contributed by atoms with Crippen LogP contribution in [-0.4, -0.2) is 0 Å². The molecule has 0 radical (unpaired) electrons. The van der Waals surface area contributed by atoms with Crippen molar-refractivity contribution >= 4 is 42.8 Å². The number of benzene rings is 2. The van der Waals surface area contributed by atoms with Gasteiger partial charge in [0.2, 0.25) is 0 Å². The molecule has 0 saturated carbocycles. The van der Waals surface area contributed by atoms with Crippen LogP contribution in [0.2, 0.25) is 0 Å². The Morgan fingerprint density at radius 2 is 1.28 bits per heavy atom. The topological polar surface area (TPSA) is 0 Å². The average Bonchev–Trinajstić information content (AvgIpc) is 3.03. The lowest BCUT2D eigenvalue weighted by atomic mass is 10.3. The minimum Gasteiger partial charge on any atom is -0.144 e. The molecule has 0 amide bonds. The van der Waals surface area contributed by atoms with E-state index in [9.17, 15) is 0 Å². The molecule has 0 spiro atoms. The highest BCUT2D eigenvalue weighted by Gasteiger charge is 1.88. The van der Waals surface area contributed by atoms with Crippen LogP contribution in [0, 0.1) is 0 Å².